The first-order chi connectivity index (χ1) is 14.0. The van der Waals surface area contributed by atoms with E-state index >= 15 is 0 Å². The van der Waals surface area contributed by atoms with Crippen LogP contribution in [0.4, 0.5) is 0 Å². The Labute approximate surface area is 177 Å². The molecular formula is C26H40N2O. The lowest BCUT2D eigenvalue weighted by Gasteiger charge is -2.49. The zero-order valence-corrected chi connectivity index (χ0v) is 18.8. The fourth-order valence-corrected chi connectivity index (χ4v) is 6.72. The molecule has 0 bridgehead atoms. The predicted molar refractivity (Wildman–Crippen MR) is 120 cm³/mol. The van der Waals surface area contributed by atoms with Crippen LogP contribution in [0.25, 0.3) is 0 Å². The Kier molecular flexibility index (Phi) is 6.34. The zero-order valence-electron chi connectivity index (χ0n) is 18.8. The molecule has 3 heteroatoms. The first kappa shape index (κ1) is 20.9. The molecule has 1 heterocycles. The van der Waals surface area contributed by atoms with Gasteiger partial charge in [-0.3, -0.25) is 4.79 Å². The lowest BCUT2D eigenvalue weighted by atomic mass is 9.63. The maximum absolute atomic E-state index is 11.7. The molecule has 3 nitrogen and oxygen atoms in total. The number of likely N-dealkylation sites (tertiary alicyclic amines) is 1. The average molecular weight is 397 g/mol. The zero-order chi connectivity index (χ0) is 20.4. The molecule has 1 aliphatic heterocycles. The molecule has 2 fully saturated rings. The first-order valence-electron chi connectivity index (χ1n) is 12.1. The summed E-state index contributed by atoms with van der Waals surface area (Å²) in [5.41, 5.74) is 3.21. The van der Waals surface area contributed by atoms with E-state index in [2.05, 4.69) is 48.3 Å². The van der Waals surface area contributed by atoms with Crippen molar-refractivity contribution in [1.82, 2.24) is 10.2 Å². The molecule has 1 N–H and O–H groups in total. The highest BCUT2D eigenvalue weighted by atomic mass is 16.1. The van der Waals surface area contributed by atoms with Crippen molar-refractivity contribution in [2.75, 3.05) is 13.1 Å². The molecule has 1 saturated heterocycles. The van der Waals surface area contributed by atoms with Gasteiger partial charge in [0.15, 0.2) is 0 Å². The van der Waals surface area contributed by atoms with Crippen molar-refractivity contribution < 1.29 is 4.79 Å². The Bertz CT molecular complexity index is 706. The van der Waals surface area contributed by atoms with E-state index in [-0.39, 0.29) is 11.9 Å². The second kappa shape index (κ2) is 8.79. The summed E-state index contributed by atoms with van der Waals surface area (Å²) >= 11 is 0. The van der Waals surface area contributed by atoms with Gasteiger partial charge in [-0.1, -0.05) is 51.0 Å². The lowest BCUT2D eigenvalue weighted by molar-refractivity contribution is -0.119. The Morgan fingerprint density at radius 1 is 1.17 bits per heavy atom. The van der Waals surface area contributed by atoms with Gasteiger partial charge in [0.05, 0.1) is 6.04 Å². The van der Waals surface area contributed by atoms with Gasteiger partial charge in [-0.05, 0) is 86.4 Å². The minimum absolute atomic E-state index is 0.0857. The number of nitrogens with zero attached hydrogens (tertiary/aromatic N) is 1. The van der Waals surface area contributed by atoms with Crippen LogP contribution in [0.15, 0.2) is 24.3 Å². The summed E-state index contributed by atoms with van der Waals surface area (Å²) in [4.78, 5) is 14.5. The van der Waals surface area contributed by atoms with Crippen molar-refractivity contribution in [1.29, 1.82) is 0 Å². The molecule has 1 aromatic rings. The van der Waals surface area contributed by atoms with Gasteiger partial charge in [-0.25, -0.2) is 0 Å². The minimum atomic E-state index is 0.0857. The van der Waals surface area contributed by atoms with Crippen LogP contribution in [0, 0.1) is 11.8 Å². The number of benzene rings is 1. The molecule has 1 spiro atoms. The van der Waals surface area contributed by atoms with Gasteiger partial charge in [0.2, 0.25) is 5.91 Å². The van der Waals surface area contributed by atoms with Crippen LogP contribution < -0.4 is 5.32 Å². The van der Waals surface area contributed by atoms with Crippen molar-refractivity contribution in [2.24, 2.45) is 11.8 Å². The van der Waals surface area contributed by atoms with Crippen molar-refractivity contribution in [2.45, 2.75) is 96.1 Å². The molecule has 1 aromatic carbocycles. The number of rotatable bonds is 5. The maximum Gasteiger partial charge on any atom is 0.217 e. The second-order valence-electron chi connectivity index (χ2n) is 10.3. The SMILES string of the molecule is CC[C@@H](C[C@@H]1CCC(C)C1)N1CCC2(CC[C@H](NC(C)=O)c3ccccc32)CC1. The highest BCUT2D eigenvalue weighted by Gasteiger charge is 2.43. The summed E-state index contributed by atoms with van der Waals surface area (Å²) in [6.45, 7) is 8.93. The Morgan fingerprint density at radius 2 is 1.93 bits per heavy atom. The van der Waals surface area contributed by atoms with Crippen LogP contribution in [0.5, 0.6) is 0 Å². The molecule has 29 heavy (non-hydrogen) atoms. The average Bonchev–Trinajstić information content (AvgIpc) is 3.14. The number of amides is 1. The van der Waals surface area contributed by atoms with E-state index in [4.69, 9.17) is 0 Å². The Morgan fingerprint density at radius 3 is 2.59 bits per heavy atom. The van der Waals surface area contributed by atoms with Gasteiger partial charge in [0.1, 0.15) is 0 Å². The van der Waals surface area contributed by atoms with Crippen LogP contribution in [-0.4, -0.2) is 29.9 Å². The second-order valence-corrected chi connectivity index (χ2v) is 10.3. The smallest absolute Gasteiger partial charge is 0.217 e. The van der Waals surface area contributed by atoms with Crippen LogP contribution in [0.2, 0.25) is 0 Å². The number of hydrogen-bond donors (Lipinski definition) is 1. The molecule has 1 saturated carbocycles. The summed E-state index contributed by atoms with van der Waals surface area (Å²) in [6.07, 6.45) is 11.9. The molecule has 1 unspecified atom stereocenters. The van der Waals surface area contributed by atoms with Crippen molar-refractivity contribution in [3.8, 4) is 0 Å². The number of nitrogens with one attached hydrogen (secondary N) is 1. The van der Waals surface area contributed by atoms with E-state index in [1.54, 1.807) is 6.92 Å². The molecule has 1 amide bonds. The standard InChI is InChI=1S/C26H40N2O/c1-4-22(18-21-10-9-19(2)17-21)28-15-13-26(14-16-28)12-11-25(27-20(3)29)23-7-5-6-8-24(23)26/h5-8,19,21-22,25H,4,9-18H2,1-3H3,(H,27,29)/t19?,21-,22+,25+/m1/s1. The largest absolute Gasteiger partial charge is 0.350 e. The van der Waals surface area contributed by atoms with E-state index < -0.39 is 0 Å². The van der Waals surface area contributed by atoms with E-state index in [1.807, 2.05) is 0 Å². The Hall–Kier alpha value is -1.35. The monoisotopic (exact) mass is 396 g/mol. The number of hydrogen-bond acceptors (Lipinski definition) is 2. The summed E-state index contributed by atoms with van der Waals surface area (Å²) in [5.74, 6) is 1.99. The number of fused-ring (bicyclic) bond motifs is 2. The summed E-state index contributed by atoms with van der Waals surface area (Å²) in [7, 11) is 0. The van der Waals surface area contributed by atoms with E-state index in [0.29, 0.717) is 5.41 Å². The van der Waals surface area contributed by atoms with Crippen LogP contribution in [0.1, 0.15) is 95.7 Å². The fraction of sp³-hybridized carbons (Fsp3) is 0.731. The first-order valence-corrected chi connectivity index (χ1v) is 12.1. The highest BCUT2D eigenvalue weighted by molar-refractivity contribution is 5.73. The summed E-state index contributed by atoms with van der Waals surface area (Å²) < 4.78 is 0. The van der Waals surface area contributed by atoms with Crippen LogP contribution in [-0.2, 0) is 10.2 Å². The van der Waals surface area contributed by atoms with Crippen LogP contribution >= 0.6 is 0 Å². The van der Waals surface area contributed by atoms with Gasteiger partial charge in [-0.2, -0.15) is 0 Å². The fourth-order valence-electron chi connectivity index (χ4n) is 6.72. The van der Waals surface area contributed by atoms with E-state index in [0.717, 1.165) is 24.3 Å². The number of piperidine rings is 1. The third-order valence-corrected chi connectivity index (χ3v) is 8.35. The number of carbonyl (C=O) groups is 1. The van der Waals surface area contributed by atoms with Gasteiger partial charge in [0, 0.05) is 13.0 Å². The van der Waals surface area contributed by atoms with Gasteiger partial charge >= 0.3 is 0 Å². The normalized spacial score (nSPS) is 30.1. The predicted octanol–water partition coefficient (Wildman–Crippen LogP) is 5.60. The lowest BCUT2D eigenvalue weighted by Crippen LogP contribution is -2.49. The third-order valence-electron chi connectivity index (χ3n) is 8.35. The van der Waals surface area contributed by atoms with Crippen LogP contribution in [0.3, 0.4) is 0 Å². The molecule has 0 aromatic heterocycles. The van der Waals surface area contributed by atoms with Crippen molar-refractivity contribution in [3.05, 3.63) is 35.4 Å². The summed E-state index contributed by atoms with van der Waals surface area (Å²) in [5, 5.41) is 3.19. The van der Waals surface area contributed by atoms with E-state index in [9.17, 15) is 4.79 Å². The van der Waals surface area contributed by atoms with Gasteiger partial charge in [-0.15, -0.1) is 0 Å². The molecule has 3 aliphatic rings. The minimum Gasteiger partial charge on any atom is -0.350 e. The molecule has 0 radical (unpaired) electrons. The summed E-state index contributed by atoms with van der Waals surface area (Å²) in [6, 6.07) is 9.89. The molecule has 4 rings (SSSR count). The molecular weight excluding hydrogens is 356 g/mol. The topological polar surface area (TPSA) is 32.3 Å². The molecule has 160 valence electrons. The third kappa shape index (κ3) is 4.40. The molecule has 4 atom stereocenters. The Balaban J connectivity index is 1.44. The van der Waals surface area contributed by atoms with Crippen molar-refractivity contribution in [3.63, 3.8) is 0 Å². The maximum atomic E-state index is 11.7. The van der Waals surface area contributed by atoms with Crippen molar-refractivity contribution >= 4 is 5.91 Å². The van der Waals surface area contributed by atoms with E-state index in [1.165, 1.54) is 75.6 Å². The van der Waals surface area contributed by atoms with Gasteiger partial charge < -0.3 is 10.2 Å². The quantitative estimate of drug-likeness (QED) is 0.703. The highest BCUT2D eigenvalue weighted by Crippen LogP contribution is 2.48. The van der Waals surface area contributed by atoms with Gasteiger partial charge in [0.25, 0.3) is 0 Å². The molecule has 2 aliphatic carbocycles. The number of carbonyl (C=O) groups excluding carboxylic acids is 1.